The first kappa shape index (κ1) is 13.8. The Bertz CT molecular complexity index is 679. The lowest BCUT2D eigenvalue weighted by Crippen LogP contribution is -2.24. The average molecular weight is 300 g/mol. The number of hydrogen-bond acceptors (Lipinski definition) is 4. The van der Waals surface area contributed by atoms with Crippen molar-refractivity contribution in [3.05, 3.63) is 52.2 Å². The van der Waals surface area contributed by atoms with Gasteiger partial charge in [0, 0.05) is 18.9 Å². The van der Waals surface area contributed by atoms with Crippen LogP contribution in [0.5, 0.6) is 5.75 Å². The fourth-order valence-corrected chi connectivity index (χ4v) is 3.30. The molecule has 1 unspecified atom stereocenters. The summed E-state index contributed by atoms with van der Waals surface area (Å²) in [6, 6.07) is 11.7. The van der Waals surface area contributed by atoms with Crippen LogP contribution in [0, 0.1) is 0 Å². The van der Waals surface area contributed by atoms with Crippen molar-refractivity contribution in [1.82, 2.24) is 5.01 Å². The predicted octanol–water partition coefficient (Wildman–Crippen LogP) is 3.45. The SMILES string of the molecule is COc1ccccc1C1CC(c2cccs2)=NN1C(C)=O. The monoisotopic (exact) mass is 300 g/mol. The molecule has 1 aliphatic heterocycles. The van der Waals surface area contributed by atoms with Gasteiger partial charge in [-0.3, -0.25) is 4.79 Å². The Labute approximate surface area is 127 Å². The first-order chi connectivity index (χ1) is 10.2. The second-order valence-corrected chi connectivity index (χ2v) is 5.80. The molecule has 1 amide bonds. The summed E-state index contributed by atoms with van der Waals surface area (Å²) in [6.45, 7) is 1.54. The van der Waals surface area contributed by atoms with Crippen molar-refractivity contribution in [2.45, 2.75) is 19.4 Å². The molecule has 108 valence electrons. The Balaban J connectivity index is 1.98. The van der Waals surface area contributed by atoms with Crippen molar-refractivity contribution in [2.75, 3.05) is 7.11 Å². The number of carbonyl (C=O) groups excluding carboxylic acids is 1. The molecule has 4 nitrogen and oxygen atoms in total. The number of hydrogen-bond donors (Lipinski definition) is 0. The summed E-state index contributed by atoms with van der Waals surface area (Å²) in [4.78, 5) is 13.0. The Kier molecular flexibility index (Phi) is 3.75. The maximum Gasteiger partial charge on any atom is 0.240 e. The maximum atomic E-state index is 11.9. The van der Waals surface area contributed by atoms with Crippen molar-refractivity contribution >= 4 is 23.0 Å². The van der Waals surface area contributed by atoms with Gasteiger partial charge in [0.05, 0.1) is 23.7 Å². The number of thiophene rings is 1. The molecule has 1 aromatic heterocycles. The summed E-state index contributed by atoms with van der Waals surface area (Å²) in [7, 11) is 1.65. The Morgan fingerprint density at radius 2 is 2.14 bits per heavy atom. The largest absolute Gasteiger partial charge is 0.496 e. The molecule has 21 heavy (non-hydrogen) atoms. The predicted molar refractivity (Wildman–Crippen MR) is 83.7 cm³/mol. The van der Waals surface area contributed by atoms with Gasteiger partial charge in [0.2, 0.25) is 5.91 Å². The average Bonchev–Trinajstić information content (AvgIpc) is 3.16. The van der Waals surface area contributed by atoms with Crippen LogP contribution >= 0.6 is 11.3 Å². The second kappa shape index (κ2) is 5.69. The first-order valence-electron chi connectivity index (χ1n) is 6.74. The van der Waals surface area contributed by atoms with Crippen LogP contribution in [0.2, 0.25) is 0 Å². The molecule has 0 aliphatic carbocycles. The smallest absolute Gasteiger partial charge is 0.240 e. The molecular weight excluding hydrogens is 284 g/mol. The Morgan fingerprint density at radius 1 is 1.33 bits per heavy atom. The minimum atomic E-state index is -0.101. The van der Waals surface area contributed by atoms with E-state index in [2.05, 4.69) is 5.10 Å². The van der Waals surface area contributed by atoms with Crippen molar-refractivity contribution in [3.8, 4) is 5.75 Å². The van der Waals surface area contributed by atoms with E-state index in [9.17, 15) is 4.79 Å². The highest BCUT2D eigenvalue weighted by Gasteiger charge is 2.33. The number of hydrazone groups is 1. The van der Waals surface area contributed by atoms with E-state index in [0.29, 0.717) is 6.42 Å². The number of methoxy groups -OCH3 is 1. The van der Waals surface area contributed by atoms with Crippen LogP contribution in [0.3, 0.4) is 0 Å². The van der Waals surface area contributed by atoms with E-state index in [1.807, 2.05) is 41.8 Å². The Hall–Kier alpha value is -2.14. The van der Waals surface area contributed by atoms with E-state index < -0.39 is 0 Å². The minimum absolute atomic E-state index is 0.0579. The molecule has 1 aromatic carbocycles. The third kappa shape index (κ3) is 2.56. The zero-order valence-corrected chi connectivity index (χ0v) is 12.8. The number of benzene rings is 1. The first-order valence-corrected chi connectivity index (χ1v) is 7.62. The van der Waals surface area contributed by atoms with E-state index in [0.717, 1.165) is 21.9 Å². The molecular formula is C16H16N2O2S. The Morgan fingerprint density at radius 3 is 2.81 bits per heavy atom. The highest BCUT2D eigenvalue weighted by molar-refractivity contribution is 7.12. The molecule has 0 saturated heterocycles. The molecule has 2 aromatic rings. The van der Waals surface area contributed by atoms with Gasteiger partial charge < -0.3 is 4.74 Å². The molecule has 0 fully saturated rings. The molecule has 0 N–H and O–H groups in total. The van der Waals surface area contributed by atoms with Gasteiger partial charge in [-0.2, -0.15) is 5.10 Å². The van der Waals surface area contributed by atoms with Crippen LogP contribution in [0.15, 0.2) is 46.9 Å². The summed E-state index contributed by atoms with van der Waals surface area (Å²) in [6.07, 6.45) is 0.709. The fraction of sp³-hybridized carbons (Fsp3) is 0.250. The van der Waals surface area contributed by atoms with Crippen molar-refractivity contribution in [2.24, 2.45) is 5.10 Å². The van der Waals surface area contributed by atoms with Crippen LogP contribution < -0.4 is 4.74 Å². The number of carbonyl (C=O) groups is 1. The zero-order valence-electron chi connectivity index (χ0n) is 11.9. The lowest BCUT2D eigenvalue weighted by molar-refractivity contribution is -0.130. The van der Waals surface area contributed by atoms with E-state index >= 15 is 0 Å². The van der Waals surface area contributed by atoms with Gasteiger partial charge in [-0.15, -0.1) is 11.3 Å². The van der Waals surface area contributed by atoms with Gasteiger partial charge in [0.25, 0.3) is 0 Å². The van der Waals surface area contributed by atoms with Gasteiger partial charge in [0.1, 0.15) is 5.75 Å². The third-order valence-corrected chi connectivity index (χ3v) is 4.46. The van der Waals surface area contributed by atoms with Gasteiger partial charge in [0.15, 0.2) is 0 Å². The summed E-state index contributed by atoms with van der Waals surface area (Å²) in [5.41, 5.74) is 1.95. The number of nitrogens with zero attached hydrogens (tertiary/aromatic N) is 2. The van der Waals surface area contributed by atoms with Crippen LogP contribution in [0.4, 0.5) is 0 Å². The van der Waals surface area contributed by atoms with E-state index in [-0.39, 0.29) is 11.9 Å². The number of rotatable bonds is 3. The fourth-order valence-electron chi connectivity index (χ4n) is 2.58. The number of amides is 1. The quantitative estimate of drug-likeness (QED) is 0.871. The standard InChI is InChI=1S/C16H16N2O2S/c1-11(19)18-14(12-6-3-4-7-15(12)20-2)10-13(17-18)16-8-5-9-21-16/h3-9,14H,10H2,1-2H3. The lowest BCUT2D eigenvalue weighted by Gasteiger charge is -2.22. The molecule has 0 spiro atoms. The molecule has 0 saturated carbocycles. The number of ether oxygens (including phenoxy) is 1. The van der Waals surface area contributed by atoms with Crippen LogP contribution in [-0.2, 0) is 4.79 Å². The molecule has 0 bridgehead atoms. The molecule has 3 rings (SSSR count). The van der Waals surface area contributed by atoms with Gasteiger partial charge in [-0.1, -0.05) is 24.3 Å². The van der Waals surface area contributed by atoms with Gasteiger partial charge in [-0.25, -0.2) is 5.01 Å². The lowest BCUT2D eigenvalue weighted by atomic mass is 10.00. The summed E-state index contributed by atoms with van der Waals surface area (Å²) in [5.74, 6) is 0.730. The van der Waals surface area contributed by atoms with E-state index in [1.54, 1.807) is 30.4 Å². The highest BCUT2D eigenvalue weighted by Crippen LogP contribution is 2.37. The van der Waals surface area contributed by atoms with E-state index in [1.165, 1.54) is 0 Å². The van der Waals surface area contributed by atoms with Gasteiger partial charge >= 0.3 is 0 Å². The molecule has 1 atom stereocenters. The molecule has 2 heterocycles. The topological polar surface area (TPSA) is 41.9 Å². The molecule has 5 heteroatoms. The molecule has 0 radical (unpaired) electrons. The van der Waals surface area contributed by atoms with Crippen molar-refractivity contribution in [3.63, 3.8) is 0 Å². The van der Waals surface area contributed by atoms with E-state index in [4.69, 9.17) is 4.74 Å². The zero-order chi connectivity index (χ0) is 14.8. The highest BCUT2D eigenvalue weighted by atomic mass is 32.1. The van der Waals surface area contributed by atoms with Crippen LogP contribution in [-0.4, -0.2) is 23.7 Å². The molecule has 1 aliphatic rings. The van der Waals surface area contributed by atoms with Crippen molar-refractivity contribution in [1.29, 1.82) is 0 Å². The van der Waals surface area contributed by atoms with Crippen molar-refractivity contribution < 1.29 is 9.53 Å². The minimum Gasteiger partial charge on any atom is -0.496 e. The maximum absolute atomic E-state index is 11.9. The normalized spacial score (nSPS) is 17.7. The van der Waals surface area contributed by atoms with Gasteiger partial charge in [-0.05, 0) is 17.5 Å². The summed E-state index contributed by atoms with van der Waals surface area (Å²) in [5, 5.41) is 8.10. The summed E-state index contributed by atoms with van der Waals surface area (Å²) < 4.78 is 5.43. The van der Waals surface area contributed by atoms with Crippen LogP contribution in [0.25, 0.3) is 0 Å². The number of para-hydroxylation sites is 1. The third-order valence-electron chi connectivity index (χ3n) is 3.54. The second-order valence-electron chi connectivity index (χ2n) is 4.85. The van der Waals surface area contributed by atoms with Crippen LogP contribution in [0.1, 0.15) is 29.8 Å². The summed E-state index contributed by atoms with van der Waals surface area (Å²) >= 11 is 1.64.